The highest BCUT2D eigenvalue weighted by molar-refractivity contribution is 5.88. The number of carbonyl (C=O) groups excluding carboxylic acids is 1. The molecule has 2 rings (SSSR count). The van der Waals surface area contributed by atoms with Crippen LogP contribution in [0.4, 0.5) is 4.39 Å². The number of hydrogen-bond donors (Lipinski definition) is 1. The Kier molecular flexibility index (Phi) is 3.69. The summed E-state index contributed by atoms with van der Waals surface area (Å²) in [5.74, 6) is -2.12. The number of hydrogen-bond acceptors (Lipinski definition) is 3. The molecule has 102 valence electrons. The fraction of sp³-hybridized carbons (Fsp3) is 0.385. The monoisotopic (exact) mass is 267 g/mol. The van der Waals surface area contributed by atoms with E-state index >= 15 is 0 Å². The predicted molar refractivity (Wildman–Crippen MR) is 64.6 cm³/mol. The third kappa shape index (κ3) is 3.43. The summed E-state index contributed by atoms with van der Waals surface area (Å²) in [5, 5.41) is 8.78. The van der Waals surface area contributed by atoms with Crippen LogP contribution in [0.15, 0.2) is 18.2 Å². The quantitative estimate of drug-likeness (QED) is 0.878. The van der Waals surface area contributed by atoms with Crippen molar-refractivity contribution in [2.45, 2.75) is 18.9 Å². The Balaban J connectivity index is 1.98. The minimum absolute atomic E-state index is 0.0370. The number of ether oxygens (including phenoxy) is 1. The van der Waals surface area contributed by atoms with Gasteiger partial charge < -0.3 is 14.7 Å². The minimum atomic E-state index is -1.24. The number of amides is 1. The van der Waals surface area contributed by atoms with Crippen LogP contribution in [0.25, 0.3) is 0 Å². The number of benzene rings is 1. The number of aromatic carboxylic acids is 1. The van der Waals surface area contributed by atoms with Gasteiger partial charge in [0.05, 0.1) is 5.56 Å². The Hall–Kier alpha value is -2.11. The molecule has 0 atom stereocenters. The van der Waals surface area contributed by atoms with Crippen molar-refractivity contribution in [1.29, 1.82) is 0 Å². The third-order valence-corrected chi connectivity index (χ3v) is 2.97. The second-order valence-corrected chi connectivity index (χ2v) is 4.51. The molecule has 1 aromatic rings. The Morgan fingerprint density at radius 1 is 1.42 bits per heavy atom. The topological polar surface area (TPSA) is 66.8 Å². The van der Waals surface area contributed by atoms with Crippen LogP contribution in [0.2, 0.25) is 0 Å². The summed E-state index contributed by atoms with van der Waals surface area (Å²) in [6, 6.07) is 3.41. The molecule has 1 aliphatic rings. The first-order valence-electron chi connectivity index (χ1n) is 5.89. The van der Waals surface area contributed by atoms with Crippen molar-refractivity contribution in [3.63, 3.8) is 0 Å². The van der Waals surface area contributed by atoms with Gasteiger partial charge in [0.25, 0.3) is 5.91 Å². The second kappa shape index (κ2) is 5.26. The molecule has 0 aromatic heterocycles. The zero-order chi connectivity index (χ0) is 14.0. The molecule has 1 amide bonds. The summed E-state index contributed by atoms with van der Waals surface area (Å²) in [4.78, 5) is 24.0. The van der Waals surface area contributed by atoms with E-state index in [0.29, 0.717) is 0 Å². The SMILES string of the molecule is CN(C(=O)COc1cc(F)cc(C(=O)O)c1)C1CC1. The van der Waals surface area contributed by atoms with Gasteiger partial charge in [-0.3, -0.25) is 4.79 Å². The van der Waals surface area contributed by atoms with E-state index in [2.05, 4.69) is 0 Å². The molecule has 0 aliphatic heterocycles. The van der Waals surface area contributed by atoms with Crippen LogP contribution in [-0.2, 0) is 4.79 Å². The normalized spacial score (nSPS) is 14.0. The standard InChI is InChI=1S/C13H14FNO4/c1-15(10-2-3-10)12(16)7-19-11-5-8(13(17)18)4-9(14)6-11/h4-6,10H,2-3,7H2,1H3,(H,17,18). The first kappa shape index (κ1) is 13.3. The van der Waals surface area contributed by atoms with E-state index in [1.165, 1.54) is 6.07 Å². The lowest BCUT2D eigenvalue weighted by Gasteiger charge is -2.16. The number of rotatable bonds is 5. The second-order valence-electron chi connectivity index (χ2n) is 4.51. The summed E-state index contributed by atoms with van der Waals surface area (Å²) >= 11 is 0. The number of carboxylic acids is 1. The molecule has 1 fully saturated rings. The van der Waals surface area contributed by atoms with Gasteiger partial charge in [-0.25, -0.2) is 9.18 Å². The van der Waals surface area contributed by atoms with Gasteiger partial charge in [0, 0.05) is 19.2 Å². The van der Waals surface area contributed by atoms with Crippen LogP contribution in [0.1, 0.15) is 23.2 Å². The van der Waals surface area contributed by atoms with Gasteiger partial charge in [0.2, 0.25) is 0 Å². The molecule has 0 spiro atoms. The third-order valence-electron chi connectivity index (χ3n) is 2.97. The van der Waals surface area contributed by atoms with Gasteiger partial charge in [-0.15, -0.1) is 0 Å². The zero-order valence-corrected chi connectivity index (χ0v) is 10.4. The Labute approximate surface area is 109 Å². The van der Waals surface area contributed by atoms with Crippen molar-refractivity contribution < 1.29 is 23.8 Å². The number of carboxylic acid groups (broad SMARTS) is 1. The molecule has 5 nitrogen and oxygen atoms in total. The summed E-state index contributed by atoms with van der Waals surface area (Å²) < 4.78 is 18.3. The van der Waals surface area contributed by atoms with Gasteiger partial charge in [0.15, 0.2) is 6.61 Å². The highest BCUT2D eigenvalue weighted by Gasteiger charge is 2.29. The van der Waals surface area contributed by atoms with E-state index in [0.717, 1.165) is 25.0 Å². The van der Waals surface area contributed by atoms with Crippen LogP contribution in [0.3, 0.4) is 0 Å². The van der Waals surface area contributed by atoms with Gasteiger partial charge in [-0.1, -0.05) is 0 Å². The number of halogens is 1. The molecule has 0 saturated heterocycles. The van der Waals surface area contributed by atoms with Crippen LogP contribution in [-0.4, -0.2) is 41.6 Å². The maximum absolute atomic E-state index is 13.2. The number of likely N-dealkylation sites (N-methyl/N-ethyl adjacent to an activating group) is 1. The summed E-state index contributed by atoms with van der Waals surface area (Å²) in [5.41, 5.74) is -0.210. The molecule has 0 bridgehead atoms. The van der Waals surface area contributed by atoms with Crippen LogP contribution in [0, 0.1) is 5.82 Å². The summed E-state index contributed by atoms with van der Waals surface area (Å²) in [7, 11) is 1.69. The highest BCUT2D eigenvalue weighted by atomic mass is 19.1. The fourth-order valence-corrected chi connectivity index (χ4v) is 1.68. The van der Waals surface area contributed by atoms with E-state index in [1.54, 1.807) is 11.9 Å². The fourth-order valence-electron chi connectivity index (χ4n) is 1.68. The van der Waals surface area contributed by atoms with Gasteiger partial charge in [0.1, 0.15) is 11.6 Å². The van der Waals surface area contributed by atoms with Gasteiger partial charge in [-0.05, 0) is 25.0 Å². The van der Waals surface area contributed by atoms with Gasteiger partial charge in [-0.2, -0.15) is 0 Å². The van der Waals surface area contributed by atoms with Crippen molar-refractivity contribution in [3.8, 4) is 5.75 Å². The maximum Gasteiger partial charge on any atom is 0.335 e. The summed E-state index contributed by atoms with van der Waals surface area (Å²) in [6.45, 7) is -0.227. The molecule has 1 aliphatic carbocycles. The highest BCUT2D eigenvalue weighted by Crippen LogP contribution is 2.25. The van der Waals surface area contributed by atoms with E-state index in [1.807, 2.05) is 0 Å². The largest absolute Gasteiger partial charge is 0.484 e. The Morgan fingerprint density at radius 3 is 2.68 bits per heavy atom. The lowest BCUT2D eigenvalue weighted by Crippen LogP contribution is -2.33. The molecule has 0 radical (unpaired) electrons. The Bertz CT molecular complexity index is 513. The van der Waals surface area contributed by atoms with E-state index in [4.69, 9.17) is 9.84 Å². The molecule has 1 saturated carbocycles. The average Bonchev–Trinajstić information content (AvgIpc) is 3.18. The molecule has 0 heterocycles. The van der Waals surface area contributed by atoms with Crippen LogP contribution < -0.4 is 4.74 Å². The van der Waals surface area contributed by atoms with Crippen molar-refractivity contribution >= 4 is 11.9 Å². The molecule has 1 N–H and O–H groups in total. The van der Waals surface area contributed by atoms with Gasteiger partial charge >= 0.3 is 5.97 Å². The molecular formula is C13H14FNO4. The Morgan fingerprint density at radius 2 is 2.11 bits per heavy atom. The molecule has 6 heteroatoms. The predicted octanol–water partition coefficient (Wildman–Crippen LogP) is 1.52. The van der Waals surface area contributed by atoms with Crippen molar-refractivity contribution in [2.24, 2.45) is 0 Å². The molecule has 19 heavy (non-hydrogen) atoms. The minimum Gasteiger partial charge on any atom is -0.484 e. The van der Waals surface area contributed by atoms with E-state index < -0.39 is 11.8 Å². The van der Waals surface area contributed by atoms with Crippen molar-refractivity contribution in [2.75, 3.05) is 13.7 Å². The number of carbonyl (C=O) groups is 2. The summed E-state index contributed by atoms with van der Waals surface area (Å²) in [6.07, 6.45) is 1.98. The molecule has 0 unspecified atom stereocenters. The van der Waals surface area contributed by atoms with E-state index in [-0.39, 0.29) is 29.9 Å². The van der Waals surface area contributed by atoms with Crippen LogP contribution in [0.5, 0.6) is 5.75 Å². The molecule has 1 aromatic carbocycles. The first-order valence-corrected chi connectivity index (χ1v) is 5.89. The zero-order valence-electron chi connectivity index (χ0n) is 10.4. The lowest BCUT2D eigenvalue weighted by atomic mass is 10.2. The van der Waals surface area contributed by atoms with Crippen molar-refractivity contribution in [1.82, 2.24) is 4.90 Å². The first-order chi connectivity index (χ1) is 8.97. The smallest absolute Gasteiger partial charge is 0.335 e. The average molecular weight is 267 g/mol. The van der Waals surface area contributed by atoms with E-state index in [9.17, 15) is 14.0 Å². The number of nitrogens with zero attached hydrogens (tertiary/aromatic N) is 1. The van der Waals surface area contributed by atoms with Crippen LogP contribution >= 0.6 is 0 Å². The molecular weight excluding hydrogens is 253 g/mol. The lowest BCUT2D eigenvalue weighted by molar-refractivity contribution is -0.132. The maximum atomic E-state index is 13.2. The van der Waals surface area contributed by atoms with Crippen molar-refractivity contribution in [3.05, 3.63) is 29.6 Å².